The minimum absolute atomic E-state index is 0.0511. The van der Waals surface area contributed by atoms with Crippen LogP contribution in [0.2, 0.25) is 0 Å². The van der Waals surface area contributed by atoms with Crippen LogP contribution in [0.25, 0.3) is 6.08 Å². The molecule has 0 radical (unpaired) electrons. The number of carboxylic acids is 1. The Morgan fingerprint density at radius 3 is 2.53 bits per heavy atom. The predicted octanol–water partition coefficient (Wildman–Crippen LogP) is 2.52. The molecule has 0 saturated heterocycles. The first-order chi connectivity index (χ1) is 7.00. The quantitative estimate of drug-likeness (QED) is 0.747. The van der Waals surface area contributed by atoms with E-state index in [0.717, 1.165) is 0 Å². The average Bonchev–Trinajstić information content (AvgIpc) is 2.13. The van der Waals surface area contributed by atoms with E-state index in [-0.39, 0.29) is 11.7 Å². The summed E-state index contributed by atoms with van der Waals surface area (Å²) < 4.78 is 0. The Balaban J connectivity index is 3.08. The molecule has 1 rings (SSSR count). The molecule has 0 aliphatic rings. The normalized spacial score (nSPS) is 11.8. The zero-order valence-corrected chi connectivity index (χ0v) is 8.77. The molecule has 0 aromatic heterocycles. The van der Waals surface area contributed by atoms with Crippen molar-refractivity contribution in [3.8, 4) is 5.75 Å². The van der Waals surface area contributed by atoms with Gasteiger partial charge in [-0.3, -0.25) is 0 Å². The number of carboxylic acid groups (broad SMARTS) is 1. The Morgan fingerprint density at radius 1 is 1.40 bits per heavy atom. The molecule has 1 aromatic carbocycles. The third-order valence-electron chi connectivity index (χ3n) is 2.06. The number of aromatic hydroxyl groups is 1. The molecule has 0 unspecified atom stereocenters. The van der Waals surface area contributed by atoms with Gasteiger partial charge in [-0.15, -0.1) is 0 Å². The van der Waals surface area contributed by atoms with Crippen LogP contribution in [0, 0.1) is 5.92 Å². The Bertz CT molecular complexity index is 392. The minimum Gasteiger partial charge on any atom is -0.508 e. The molecule has 0 amide bonds. The SMILES string of the molecule is CC(C)/C(=C/c1cccc(O)c1)C(=O)O. The van der Waals surface area contributed by atoms with Crippen molar-refractivity contribution in [1.82, 2.24) is 0 Å². The average molecular weight is 206 g/mol. The molecule has 3 nitrogen and oxygen atoms in total. The number of phenols is 1. The highest BCUT2D eigenvalue weighted by Gasteiger charge is 2.11. The lowest BCUT2D eigenvalue weighted by Crippen LogP contribution is -2.06. The van der Waals surface area contributed by atoms with Crippen LogP contribution in [0.4, 0.5) is 0 Å². The van der Waals surface area contributed by atoms with Crippen molar-refractivity contribution in [3.63, 3.8) is 0 Å². The van der Waals surface area contributed by atoms with E-state index in [9.17, 15) is 9.90 Å². The van der Waals surface area contributed by atoms with E-state index in [1.807, 2.05) is 13.8 Å². The zero-order chi connectivity index (χ0) is 11.4. The van der Waals surface area contributed by atoms with Gasteiger partial charge in [-0.1, -0.05) is 26.0 Å². The maximum atomic E-state index is 10.9. The van der Waals surface area contributed by atoms with Gasteiger partial charge in [0.25, 0.3) is 0 Å². The van der Waals surface area contributed by atoms with Crippen molar-refractivity contribution in [2.45, 2.75) is 13.8 Å². The maximum absolute atomic E-state index is 10.9. The monoisotopic (exact) mass is 206 g/mol. The summed E-state index contributed by atoms with van der Waals surface area (Å²) in [5.74, 6) is -0.838. The van der Waals surface area contributed by atoms with Gasteiger partial charge in [-0.25, -0.2) is 4.79 Å². The van der Waals surface area contributed by atoms with Gasteiger partial charge in [-0.2, -0.15) is 0 Å². The van der Waals surface area contributed by atoms with Crippen molar-refractivity contribution in [2.75, 3.05) is 0 Å². The van der Waals surface area contributed by atoms with Crippen molar-refractivity contribution in [1.29, 1.82) is 0 Å². The smallest absolute Gasteiger partial charge is 0.331 e. The molecule has 2 N–H and O–H groups in total. The van der Waals surface area contributed by atoms with Crippen LogP contribution in [0.3, 0.4) is 0 Å². The topological polar surface area (TPSA) is 57.5 Å². The number of aliphatic carboxylic acids is 1. The predicted molar refractivity (Wildman–Crippen MR) is 58.6 cm³/mol. The first kappa shape index (κ1) is 11.3. The van der Waals surface area contributed by atoms with Crippen molar-refractivity contribution in [3.05, 3.63) is 35.4 Å². The second-order valence-electron chi connectivity index (χ2n) is 3.65. The number of rotatable bonds is 3. The Morgan fingerprint density at radius 2 is 2.07 bits per heavy atom. The van der Waals surface area contributed by atoms with Crippen LogP contribution in [-0.4, -0.2) is 16.2 Å². The fraction of sp³-hybridized carbons (Fsp3) is 0.250. The van der Waals surface area contributed by atoms with Crippen molar-refractivity contribution >= 4 is 12.0 Å². The van der Waals surface area contributed by atoms with Gasteiger partial charge in [0.1, 0.15) is 5.75 Å². The van der Waals surface area contributed by atoms with Crippen LogP contribution >= 0.6 is 0 Å². The molecule has 1 aromatic rings. The van der Waals surface area contributed by atoms with Gasteiger partial charge in [0.05, 0.1) is 0 Å². The van der Waals surface area contributed by atoms with Crippen LogP contribution in [-0.2, 0) is 4.79 Å². The Hall–Kier alpha value is -1.77. The molecule has 0 aliphatic heterocycles. The summed E-state index contributed by atoms with van der Waals surface area (Å²) in [6, 6.07) is 6.52. The van der Waals surface area contributed by atoms with Gasteiger partial charge in [0.2, 0.25) is 0 Å². The van der Waals surface area contributed by atoms with E-state index in [4.69, 9.17) is 5.11 Å². The summed E-state index contributed by atoms with van der Waals surface area (Å²) in [7, 11) is 0. The van der Waals surface area contributed by atoms with Gasteiger partial charge >= 0.3 is 5.97 Å². The molecule has 80 valence electrons. The highest BCUT2D eigenvalue weighted by Crippen LogP contribution is 2.18. The van der Waals surface area contributed by atoms with Crippen LogP contribution in [0.15, 0.2) is 29.8 Å². The summed E-state index contributed by atoms with van der Waals surface area (Å²) in [6.07, 6.45) is 1.58. The number of hydrogen-bond acceptors (Lipinski definition) is 2. The third-order valence-corrected chi connectivity index (χ3v) is 2.06. The van der Waals surface area contributed by atoms with Crippen molar-refractivity contribution in [2.24, 2.45) is 5.92 Å². The lowest BCUT2D eigenvalue weighted by atomic mass is 10.0. The van der Waals surface area contributed by atoms with E-state index in [0.29, 0.717) is 11.1 Å². The Labute approximate surface area is 88.7 Å². The lowest BCUT2D eigenvalue weighted by molar-refractivity contribution is -0.133. The second kappa shape index (κ2) is 4.64. The number of phenolic OH excluding ortho intramolecular Hbond substituents is 1. The summed E-state index contributed by atoms with van der Waals surface area (Å²) in [6.45, 7) is 3.64. The molecule has 0 saturated carbocycles. The minimum atomic E-state index is -0.923. The molecule has 15 heavy (non-hydrogen) atoms. The molecule has 0 fully saturated rings. The summed E-state index contributed by atoms with van der Waals surface area (Å²) in [5.41, 5.74) is 1.03. The summed E-state index contributed by atoms with van der Waals surface area (Å²) in [4.78, 5) is 10.9. The van der Waals surface area contributed by atoms with Crippen LogP contribution in [0.1, 0.15) is 19.4 Å². The molecule has 3 heteroatoms. The standard InChI is InChI=1S/C12H14O3/c1-8(2)11(12(14)15)7-9-4-3-5-10(13)6-9/h3-8,13H,1-2H3,(H,14,15)/b11-7-. The third kappa shape index (κ3) is 3.13. The van der Waals surface area contributed by atoms with E-state index < -0.39 is 5.97 Å². The van der Waals surface area contributed by atoms with Crippen LogP contribution < -0.4 is 0 Å². The highest BCUT2D eigenvalue weighted by molar-refractivity contribution is 5.92. The van der Waals surface area contributed by atoms with Gasteiger partial charge in [-0.05, 0) is 29.7 Å². The zero-order valence-electron chi connectivity index (χ0n) is 8.77. The van der Waals surface area contributed by atoms with Gasteiger partial charge < -0.3 is 10.2 Å². The number of hydrogen-bond donors (Lipinski definition) is 2. The van der Waals surface area contributed by atoms with E-state index in [1.165, 1.54) is 6.07 Å². The molecule has 0 heterocycles. The first-order valence-electron chi connectivity index (χ1n) is 4.74. The second-order valence-corrected chi connectivity index (χ2v) is 3.65. The van der Waals surface area contributed by atoms with E-state index in [1.54, 1.807) is 24.3 Å². The Kier molecular flexibility index (Phi) is 3.50. The molecule has 0 atom stereocenters. The summed E-state index contributed by atoms with van der Waals surface area (Å²) in [5, 5.41) is 18.2. The molecule has 0 spiro atoms. The largest absolute Gasteiger partial charge is 0.508 e. The lowest BCUT2D eigenvalue weighted by Gasteiger charge is -2.06. The molecule has 0 bridgehead atoms. The first-order valence-corrected chi connectivity index (χ1v) is 4.74. The van der Waals surface area contributed by atoms with Crippen molar-refractivity contribution < 1.29 is 15.0 Å². The molecular formula is C12H14O3. The number of carbonyl (C=O) groups is 1. The summed E-state index contributed by atoms with van der Waals surface area (Å²) >= 11 is 0. The number of benzene rings is 1. The van der Waals surface area contributed by atoms with Gasteiger partial charge in [0.15, 0.2) is 0 Å². The van der Waals surface area contributed by atoms with Gasteiger partial charge in [0, 0.05) is 5.57 Å². The van der Waals surface area contributed by atoms with E-state index >= 15 is 0 Å². The fourth-order valence-corrected chi connectivity index (χ4v) is 1.27. The molecule has 0 aliphatic carbocycles. The van der Waals surface area contributed by atoms with Crippen LogP contribution in [0.5, 0.6) is 5.75 Å². The fourth-order valence-electron chi connectivity index (χ4n) is 1.27. The molecular weight excluding hydrogens is 192 g/mol. The highest BCUT2D eigenvalue weighted by atomic mass is 16.4. The van der Waals surface area contributed by atoms with E-state index in [2.05, 4.69) is 0 Å². The maximum Gasteiger partial charge on any atom is 0.331 e.